The number of carboxylic acids is 1. The van der Waals surface area contributed by atoms with Crippen molar-refractivity contribution in [2.45, 2.75) is 13.0 Å². The Bertz CT molecular complexity index is 586. The molecular formula is C12H11NO3. The van der Waals surface area contributed by atoms with E-state index in [2.05, 4.69) is 0 Å². The molecular weight excluding hydrogens is 206 g/mol. The average molecular weight is 217 g/mol. The van der Waals surface area contributed by atoms with Crippen molar-refractivity contribution in [3.8, 4) is 0 Å². The molecule has 0 atom stereocenters. The topological polar surface area (TPSA) is 59.3 Å². The lowest BCUT2D eigenvalue weighted by molar-refractivity contribution is -0.137. The van der Waals surface area contributed by atoms with E-state index in [1.54, 1.807) is 22.9 Å². The lowest BCUT2D eigenvalue weighted by atomic mass is 10.2. The Hall–Kier alpha value is -2.10. The molecule has 1 N–H and O–H groups in total. The summed E-state index contributed by atoms with van der Waals surface area (Å²) in [4.78, 5) is 22.0. The monoisotopic (exact) mass is 217 g/mol. The molecule has 0 aliphatic rings. The highest BCUT2D eigenvalue weighted by atomic mass is 16.4. The van der Waals surface area contributed by atoms with Crippen molar-refractivity contribution >= 4 is 16.9 Å². The van der Waals surface area contributed by atoms with Gasteiger partial charge in [0.1, 0.15) is 0 Å². The number of carboxylic acid groups (broad SMARTS) is 1. The summed E-state index contributed by atoms with van der Waals surface area (Å²) in [5.41, 5.74) is 0.735. The summed E-state index contributed by atoms with van der Waals surface area (Å²) in [6, 6.07) is 8.65. The van der Waals surface area contributed by atoms with Crippen molar-refractivity contribution in [1.29, 1.82) is 0 Å². The summed E-state index contributed by atoms with van der Waals surface area (Å²) >= 11 is 0. The zero-order valence-corrected chi connectivity index (χ0v) is 8.59. The van der Waals surface area contributed by atoms with Gasteiger partial charge in [-0.25, -0.2) is 0 Å². The summed E-state index contributed by atoms with van der Waals surface area (Å²) in [5, 5.41) is 9.25. The number of rotatable bonds is 3. The molecule has 0 aliphatic carbocycles. The molecule has 0 bridgehead atoms. The second-order valence-corrected chi connectivity index (χ2v) is 3.53. The highest BCUT2D eigenvalue weighted by Gasteiger charge is 2.03. The quantitative estimate of drug-likeness (QED) is 0.847. The van der Waals surface area contributed by atoms with Crippen molar-refractivity contribution in [3.05, 3.63) is 46.8 Å². The molecule has 1 aromatic carbocycles. The van der Waals surface area contributed by atoms with Gasteiger partial charge < -0.3 is 9.67 Å². The third-order valence-corrected chi connectivity index (χ3v) is 2.45. The van der Waals surface area contributed by atoms with Crippen LogP contribution in [-0.4, -0.2) is 15.6 Å². The van der Waals surface area contributed by atoms with E-state index >= 15 is 0 Å². The number of carbonyl (C=O) groups is 1. The van der Waals surface area contributed by atoms with Crippen molar-refractivity contribution in [1.82, 2.24) is 4.57 Å². The lowest BCUT2D eigenvalue weighted by Gasteiger charge is -2.08. The summed E-state index contributed by atoms with van der Waals surface area (Å²) in [6.07, 6.45) is 1.68. The number of benzene rings is 1. The number of hydrogen-bond acceptors (Lipinski definition) is 2. The Kier molecular flexibility index (Phi) is 2.72. The number of aliphatic carboxylic acids is 1. The van der Waals surface area contributed by atoms with E-state index in [4.69, 9.17) is 5.11 Å². The summed E-state index contributed by atoms with van der Waals surface area (Å²) in [7, 11) is 0. The largest absolute Gasteiger partial charge is 0.481 e. The first-order valence-electron chi connectivity index (χ1n) is 4.98. The van der Waals surface area contributed by atoms with Crippen LogP contribution in [0.5, 0.6) is 0 Å². The van der Waals surface area contributed by atoms with Crippen LogP contribution in [0.4, 0.5) is 0 Å². The van der Waals surface area contributed by atoms with Gasteiger partial charge in [0.05, 0.1) is 11.9 Å². The predicted octanol–water partition coefficient (Wildman–Crippen LogP) is 1.48. The maximum Gasteiger partial charge on any atom is 0.305 e. The van der Waals surface area contributed by atoms with Crippen LogP contribution in [-0.2, 0) is 11.3 Å². The van der Waals surface area contributed by atoms with E-state index in [9.17, 15) is 9.59 Å². The van der Waals surface area contributed by atoms with E-state index in [1.807, 2.05) is 12.1 Å². The lowest BCUT2D eigenvalue weighted by Crippen LogP contribution is -2.10. The van der Waals surface area contributed by atoms with Gasteiger partial charge in [0.25, 0.3) is 0 Å². The number of aryl methyl sites for hydroxylation is 1. The predicted molar refractivity (Wildman–Crippen MR) is 60.5 cm³/mol. The van der Waals surface area contributed by atoms with Crippen LogP contribution >= 0.6 is 0 Å². The zero-order valence-electron chi connectivity index (χ0n) is 8.59. The van der Waals surface area contributed by atoms with Crippen molar-refractivity contribution in [2.75, 3.05) is 0 Å². The fraction of sp³-hybridized carbons (Fsp3) is 0.167. The van der Waals surface area contributed by atoms with Gasteiger partial charge in [-0.1, -0.05) is 12.1 Å². The van der Waals surface area contributed by atoms with Crippen LogP contribution in [0.15, 0.2) is 41.3 Å². The average Bonchev–Trinajstić information content (AvgIpc) is 2.28. The third kappa shape index (κ3) is 1.95. The molecule has 0 radical (unpaired) electrons. The van der Waals surface area contributed by atoms with Gasteiger partial charge in [-0.05, 0) is 12.1 Å². The Morgan fingerprint density at radius 1 is 1.25 bits per heavy atom. The molecule has 0 amide bonds. The first-order valence-corrected chi connectivity index (χ1v) is 4.98. The first kappa shape index (κ1) is 10.4. The fourth-order valence-corrected chi connectivity index (χ4v) is 1.67. The molecule has 4 heteroatoms. The molecule has 1 aromatic heterocycles. The molecule has 0 saturated carbocycles. The van der Waals surface area contributed by atoms with Crippen LogP contribution in [0.1, 0.15) is 6.42 Å². The second-order valence-electron chi connectivity index (χ2n) is 3.53. The molecule has 2 rings (SSSR count). The van der Waals surface area contributed by atoms with Crippen LogP contribution < -0.4 is 5.43 Å². The van der Waals surface area contributed by atoms with Gasteiger partial charge in [0, 0.05) is 24.2 Å². The summed E-state index contributed by atoms with van der Waals surface area (Å²) in [6.45, 7) is 0.371. The van der Waals surface area contributed by atoms with E-state index in [0.717, 1.165) is 5.52 Å². The second kappa shape index (κ2) is 4.18. The number of aromatic nitrogens is 1. The zero-order chi connectivity index (χ0) is 11.5. The van der Waals surface area contributed by atoms with Crippen LogP contribution in [0.2, 0.25) is 0 Å². The van der Waals surface area contributed by atoms with Crippen molar-refractivity contribution < 1.29 is 9.90 Å². The van der Waals surface area contributed by atoms with Gasteiger partial charge in [0.2, 0.25) is 0 Å². The molecule has 2 aromatic rings. The molecule has 16 heavy (non-hydrogen) atoms. The fourth-order valence-electron chi connectivity index (χ4n) is 1.67. The van der Waals surface area contributed by atoms with E-state index in [1.165, 1.54) is 6.07 Å². The van der Waals surface area contributed by atoms with Gasteiger partial charge >= 0.3 is 5.97 Å². The number of para-hydroxylation sites is 1. The highest BCUT2D eigenvalue weighted by Crippen LogP contribution is 2.09. The van der Waals surface area contributed by atoms with Gasteiger partial charge in [-0.3, -0.25) is 9.59 Å². The van der Waals surface area contributed by atoms with Gasteiger partial charge in [-0.15, -0.1) is 0 Å². The normalized spacial score (nSPS) is 10.5. The van der Waals surface area contributed by atoms with Gasteiger partial charge in [-0.2, -0.15) is 0 Å². The van der Waals surface area contributed by atoms with E-state index in [-0.39, 0.29) is 11.8 Å². The highest BCUT2D eigenvalue weighted by molar-refractivity contribution is 5.78. The molecule has 0 spiro atoms. The SMILES string of the molecule is O=C(O)CCn1ccc(=O)c2ccccc21. The maximum absolute atomic E-state index is 11.5. The van der Waals surface area contributed by atoms with Crippen molar-refractivity contribution in [3.63, 3.8) is 0 Å². The molecule has 0 fully saturated rings. The van der Waals surface area contributed by atoms with Crippen molar-refractivity contribution in [2.24, 2.45) is 0 Å². The van der Waals surface area contributed by atoms with Crippen LogP contribution in [0.3, 0.4) is 0 Å². The standard InChI is InChI=1S/C12H11NO3/c14-11-5-7-13(8-6-12(15)16)10-4-2-1-3-9(10)11/h1-5,7H,6,8H2,(H,15,16). The minimum atomic E-state index is -0.845. The first-order chi connectivity index (χ1) is 7.68. The molecule has 0 saturated heterocycles. The van der Waals surface area contributed by atoms with Gasteiger partial charge in [0.15, 0.2) is 5.43 Å². The number of nitrogens with zero attached hydrogens (tertiary/aromatic N) is 1. The minimum Gasteiger partial charge on any atom is -0.481 e. The molecule has 0 aliphatic heterocycles. The smallest absolute Gasteiger partial charge is 0.305 e. The maximum atomic E-state index is 11.5. The Morgan fingerprint density at radius 2 is 2.00 bits per heavy atom. The Balaban J connectivity index is 2.50. The number of fused-ring (bicyclic) bond motifs is 1. The third-order valence-electron chi connectivity index (χ3n) is 2.45. The number of hydrogen-bond donors (Lipinski definition) is 1. The summed E-state index contributed by atoms with van der Waals surface area (Å²) in [5.74, 6) is -0.845. The van der Waals surface area contributed by atoms with Crippen LogP contribution in [0.25, 0.3) is 10.9 Å². The molecule has 82 valence electrons. The van der Waals surface area contributed by atoms with E-state index in [0.29, 0.717) is 11.9 Å². The molecule has 0 unspecified atom stereocenters. The van der Waals surface area contributed by atoms with Crippen LogP contribution in [0, 0.1) is 0 Å². The minimum absolute atomic E-state index is 0.0397. The Morgan fingerprint density at radius 3 is 2.75 bits per heavy atom. The van der Waals surface area contributed by atoms with E-state index < -0.39 is 5.97 Å². The molecule has 4 nitrogen and oxygen atoms in total. The molecule has 1 heterocycles. The number of pyridine rings is 1. The summed E-state index contributed by atoms with van der Waals surface area (Å²) < 4.78 is 1.78. The Labute approximate surface area is 91.8 Å².